The lowest BCUT2D eigenvalue weighted by atomic mass is 10.3. The van der Waals surface area contributed by atoms with Crippen molar-refractivity contribution in [3.8, 4) is 0 Å². The van der Waals surface area contributed by atoms with Gasteiger partial charge in [-0.1, -0.05) is 0 Å². The number of hydrogen-bond donors (Lipinski definition) is 0. The number of aryl methyl sites for hydroxylation is 1. The molecule has 1 unspecified atom stereocenters. The zero-order chi connectivity index (χ0) is 10.2. The molecule has 0 radical (unpaired) electrons. The molecule has 1 aromatic rings. The molecule has 4 heteroatoms. The molecule has 1 aliphatic rings. The van der Waals surface area contributed by atoms with Crippen molar-refractivity contribution in [2.24, 2.45) is 0 Å². The average Bonchev–Trinajstić information content (AvgIpc) is 2.47. The van der Waals surface area contributed by atoms with Crippen LogP contribution in [0.1, 0.15) is 31.3 Å². The van der Waals surface area contributed by atoms with Crippen LogP contribution >= 0.6 is 0 Å². The lowest BCUT2D eigenvalue weighted by molar-refractivity contribution is -0.139. The van der Waals surface area contributed by atoms with Crippen molar-refractivity contribution in [3.63, 3.8) is 0 Å². The highest BCUT2D eigenvalue weighted by Gasteiger charge is 2.34. The number of nitrogens with zero attached hydrogens (tertiary/aromatic N) is 2. The minimum atomic E-state index is -0.503. The van der Waals surface area contributed by atoms with Crippen molar-refractivity contribution in [2.45, 2.75) is 32.7 Å². The summed E-state index contributed by atoms with van der Waals surface area (Å²) in [5.41, 5.74) is 1.74. The summed E-state index contributed by atoms with van der Waals surface area (Å²) in [6.45, 7) is 6.25. The van der Waals surface area contributed by atoms with Crippen molar-refractivity contribution in [3.05, 3.63) is 23.8 Å². The molecule has 0 amide bonds. The highest BCUT2D eigenvalue weighted by molar-refractivity contribution is 5.05. The molecule has 4 nitrogen and oxygen atoms in total. The van der Waals surface area contributed by atoms with Gasteiger partial charge in [-0.2, -0.15) is 0 Å². The molecule has 1 aliphatic heterocycles. The third kappa shape index (κ3) is 1.91. The summed E-state index contributed by atoms with van der Waals surface area (Å²) in [4.78, 5) is 8.43. The van der Waals surface area contributed by atoms with E-state index in [2.05, 4.69) is 9.97 Å². The van der Waals surface area contributed by atoms with Crippen molar-refractivity contribution in [1.82, 2.24) is 9.97 Å². The van der Waals surface area contributed by atoms with E-state index >= 15 is 0 Å². The Bertz CT molecular complexity index is 321. The molecule has 0 spiro atoms. The van der Waals surface area contributed by atoms with Crippen molar-refractivity contribution in [2.75, 3.05) is 6.61 Å². The number of hydrogen-bond acceptors (Lipinski definition) is 4. The van der Waals surface area contributed by atoms with Crippen molar-refractivity contribution < 1.29 is 9.47 Å². The predicted octanol–water partition coefficient (Wildman–Crippen LogP) is 1.61. The first kappa shape index (κ1) is 9.55. The largest absolute Gasteiger partial charge is 0.347 e. The second-order valence-corrected chi connectivity index (χ2v) is 3.90. The van der Waals surface area contributed by atoms with Gasteiger partial charge in [-0.05, 0) is 20.8 Å². The summed E-state index contributed by atoms with van der Waals surface area (Å²) in [5, 5.41) is 0. The Morgan fingerprint density at radius 1 is 1.36 bits per heavy atom. The molecule has 1 aromatic heterocycles. The third-order valence-corrected chi connectivity index (χ3v) is 2.14. The molecule has 0 bridgehead atoms. The summed E-state index contributed by atoms with van der Waals surface area (Å²) in [7, 11) is 0. The topological polar surface area (TPSA) is 44.2 Å². The van der Waals surface area contributed by atoms with Gasteiger partial charge in [0.1, 0.15) is 6.10 Å². The summed E-state index contributed by atoms with van der Waals surface area (Å²) in [6.07, 6.45) is 3.40. The lowest BCUT2D eigenvalue weighted by Crippen LogP contribution is -2.19. The molecule has 0 aromatic carbocycles. The Kier molecular flexibility index (Phi) is 2.25. The van der Waals surface area contributed by atoms with Gasteiger partial charge >= 0.3 is 0 Å². The van der Waals surface area contributed by atoms with E-state index in [4.69, 9.17) is 9.47 Å². The van der Waals surface area contributed by atoms with Gasteiger partial charge in [0.2, 0.25) is 0 Å². The van der Waals surface area contributed by atoms with Gasteiger partial charge < -0.3 is 9.47 Å². The molecule has 14 heavy (non-hydrogen) atoms. The molecule has 1 fully saturated rings. The Labute approximate surface area is 83.3 Å². The normalized spacial score (nSPS) is 25.2. The zero-order valence-electron chi connectivity index (χ0n) is 8.65. The molecular formula is C10H14N2O2. The van der Waals surface area contributed by atoms with Crippen LogP contribution in [-0.4, -0.2) is 22.4 Å². The SMILES string of the molecule is Cc1cnc(C2COC(C)(C)O2)cn1. The first-order valence-electron chi connectivity index (χ1n) is 4.67. The average molecular weight is 194 g/mol. The van der Waals surface area contributed by atoms with Crippen LogP contribution in [0, 0.1) is 6.92 Å². The van der Waals surface area contributed by atoms with E-state index in [0.29, 0.717) is 6.61 Å². The first-order valence-corrected chi connectivity index (χ1v) is 4.67. The van der Waals surface area contributed by atoms with Crippen LogP contribution in [0.5, 0.6) is 0 Å². The smallest absolute Gasteiger partial charge is 0.163 e. The van der Waals surface area contributed by atoms with Gasteiger partial charge in [0, 0.05) is 6.20 Å². The Morgan fingerprint density at radius 3 is 2.64 bits per heavy atom. The van der Waals surface area contributed by atoms with Gasteiger partial charge in [0.25, 0.3) is 0 Å². The number of ether oxygens (including phenoxy) is 2. The van der Waals surface area contributed by atoms with E-state index in [-0.39, 0.29) is 6.10 Å². The monoisotopic (exact) mass is 194 g/mol. The van der Waals surface area contributed by atoms with Crippen LogP contribution in [0.4, 0.5) is 0 Å². The molecule has 0 N–H and O–H groups in total. The van der Waals surface area contributed by atoms with Gasteiger partial charge in [-0.3, -0.25) is 9.97 Å². The van der Waals surface area contributed by atoms with E-state index in [1.807, 2.05) is 20.8 Å². The fourth-order valence-electron chi connectivity index (χ4n) is 1.40. The number of aromatic nitrogens is 2. The molecule has 1 saturated heterocycles. The van der Waals surface area contributed by atoms with Gasteiger partial charge in [0.15, 0.2) is 5.79 Å². The molecular weight excluding hydrogens is 180 g/mol. The standard InChI is InChI=1S/C10H14N2O2/c1-7-4-12-8(5-11-7)9-6-13-10(2,3)14-9/h4-5,9H,6H2,1-3H3. The lowest BCUT2D eigenvalue weighted by Gasteiger charge is -2.16. The van der Waals surface area contributed by atoms with Crippen LogP contribution < -0.4 is 0 Å². The van der Waals surface area contributed by atoms with E-state index in [9.17, 15) is 0 Å². The van der Waals surface area contributed by atoms with Gasteiger partial charge in [-0.25, -0.2) is 0 Å². The van der Waals surface area contributed by atoms with Crippen LogP contribution in [-0.2, 0) is 9.47 Å². The molecule has 0 saturated carbocycles. The fourth-order valence-corrected chi connectivity index (χ4v) is 1.40. The first-order chi connectivity index (χ1) is 6.57. The molecule has 2 rings (SSSR count). The Hall–Kier alpha value is -1.00. The minimum absolute atomic E-state index is 0.0851. The highest BCUT2D eigenvalue weighted by Crippen LogP contribution is 2.31. The summed E-state index contributed by atoms with van der Waals surface area (Å²) in [5.74, 6) is -0.503. The second-order valence-electron chi connectivity index (χ2n) is 3.90. The second kappa shape index (κ2) is 3.29. The van der Waals surface area contributed by atoms with Crippen molar-refractivity contribution >= 4 is 0 Å². The quantitative estimate of drug-likeness (QED) is 0.681. The molecule has 1 atom stereocenters. The molecule has 0 aliphatic carbocycles. The molecule has 76 valence electrons. The highest BCUT2D eigenvalue weighted by atomic mass is 16.7. The fraction of sp³-hybridized carbons (Fsp3) is 0.600. The summed E-state index contributed by atoms with van der Waals surface area (Å²) in [6, 6.07) is 0. The maximum Gasteiger partial charge on any atom is 0.163 e. The van der Waals surface area contributed by atoms with Gasteiger partial charge in [-0.15, -0.1) is 0 Å². The van der Waals surface area contributed by atoms with Crippen molar-refractivity contribution in [1.29, 1.82) is 0 Å². The Balaban J connectivity index is 2.14. The van der Waals surface area contributed by atoms with E-state index < -0.39 is 5.79 Å². The molecule has 2 heterocycles. The van der Waals surface area contributed by atoms with Crippen LogP contribution in [0.25, 0.3) is 0 Å². The zero-order valence-corrected chi connectivity index (χ0v) is 8.65. The predicted molar refractivity (Wildman–Crippen MR) is 50.6 cm³/mol. The number of rotatable bonds is 1. The van der Waals surface area contributed by atoms with E-state index in [0.717, 1.165) is 11.4 Å². The third-order valence-electron chi connectivity index (χ3n) is 2.14. The maximum absolute atomic E-state index is 5.65. The van der Waals surface area contributed by atoms with E-state index in [1.54, 1.807) is 12.4 Å². The maximum atomic E-state index is 5.65. The Morgan fingerprint density at radius 2 is 2.14 bits per heavy atom. The van der Waals surface area contributed by atoms with Crippen LogP contribution in [0.15, 0.2) is 12.4 Å². The van der Waals surface area contributed by atoms with Crippen LogP contribution in [0.2, 0.25) is 0 Å². The van der Waals surface area contributed by atoms with Gasteiger partial charge in [0.05, 0.1) is 24.2 Å². The van der Waals surface area contributed by atoms with E-state index in [1.165, 1.54) is 0 Å². The summed E-state index contributed by atoms with van der Waals surface area (Å²) >= 11 is 0. The minimum Gasteiger partial charge on any atom is -0.347 e. The van der Waals surface area contributed by atoms with Crippen LogP contribution in [0.3, 0.4) is 0 Å². The summed E-state index contributed by atoms with van der Waals surface area (Å²) < 4.78 is 11.1.